The molecule has 166 valence electrons. The van der Waals surface area contributed by atoms with Crippen molar-refractivity contribution in [3.8, 4) is 11.3 Å². The van der Waals surface area contributed by atoms with Crippen molar-refractivity contribution in [1.29, 1.82) is 0 Å². The van der Waals surface area contributed by atoms with Gasteiger partial charge in [-0.15, -0.1) is 0 Å². The Morgan fingerprint density at radius 3 is 2.13 bits per heavy atom. The van der Waals surface area contributed by atoms with E-state index in [2.05, 4.69) is 74.1 Å². The fourth-order valence-electron chi connectivity index (χ4n) is 4.28. The Hall–Kier alpha value is -2.63. The van der Waals surface area contributed by atoms with E-state index in [1.165, 1.54) is 11.1 Å². The van der Waals surface area contributed by atoms with E-state index in [0.29, 0.717) is 18.9 Å². The topological polar surface area (TPSA) is 44.5 Å². The lowest BCUT2D eigenvalue weighted by molar-refractivity contribution is 0.102. The van der Waals surface area contributed by atoms with Crippen LogP contribution in [0.3, 0.4) is 0 Å². The lowest BCUT2D eigenvalue weighted by atomic mass is 10.0. The van der Waals surface area contributed by atoms with E-state index in [0.717, 1.165) is 30.2 Å². The highest BCUT2D eigenvalue weighted by atomic mass is 16.3. The van der Waals surface area contributed by atoms with Crippen molar-refractivity contribution in [3.05, 3.63) is 71.8 Å². The predicted molar refractivity (Wildman–Crippen MR) is 129 cm³/mol. The zero-order valence-corrected chi connectivity index (χ0v) is 19.5. The molecule has 2 aromatic carbocycles. The fourth-order valence-corrected chi connectivity index (χ4v) is 4.28. The van der Waals surface area contributed by atoms with Crippen molar-refractivity contribution in [2.75, 3.05) is 32.1 Å². The highest BCUT2D eigenvalue weighted by Gasteiger charge is 2.23. The molecular weight excluding hydrogens is 384 g/mol. The van der Waals surface area contributed by atoms with Gasteiger partial charge in [0, 0.05) is 51.9 Å². The Morgan fingerprint density at radius 1 is 0.935 bits per heavy atom. The lowest BCUT2D eigenvalue weighted by Crippen LogP contribution is -2.36. The van der Waals surface area contributed by atoms with E-state index < -0.39 is 6.10 Å². The van der Waals surface area contributed by atoms with Crippen LogP contribution in [0.25, 0.3) is 11.3 Å². The highest BCUT2D eigenvalue weighted by Crippen LogP contribution is 2.31. The normalized spacial score (nSPS) is 12.5. The Labute approximate surface area is 186 Å². The van der Waals surface area contributed by atoms with Gasteiger partial charge in [0.25, 0.3) is 0 Å². The molecule has 1 heterocycles. The van der Waals surface area contributed by atoms with E-state index in [4.69, 9.17) is 5.10 Å². The number of hydrogen-bond donors (Lipinski definition) is 1. The molecule has 0 saturated heterocycles. The number of benzene rings is 2. The van der Waals surface area contributed by atoms with Gasteiger partial charge < -0.3 is 10.0 Å². The summed E-state index contributed by atoms with van der Waals surface area (Å²) >= 11 is 0. The summed E-state index contributed by atoms with van der Waals surface area (Å²) in [5.41, 5.74) is 4.50. The number of rotatable bonds is 10. The molecule has 0 radical (unpaired) electrons. The molecule has 31 heavy (non-hydrogen) atoms. The molecule has 0 fully saturated rings. The molecule has 1 atom stereocenters. The van der Waals surface area contributed by atoms with Crippen LogP contribution in [0.15, 0.2) is 60.7 Å². The van der Waals surface area contributed by atoms with Gasteiger partial charge in [-0.3, -0.25) is 9.58 Å². The molecule has 0 aliphatic rings. The molecule has 3 aromatic rings. The van der Waals surface area contributed by atoms with Gasteiger partial charge in [0.1, 0.15) is 5.82 Å². The monoisotopic (exact) mass is 420 g/mol. The van der Waals surface area contributed by atoms with Crippen molar-refractivity contribution >= 4 is 5.82 Å². The minimum absolute atomic E-state index is 0.416. The Morgan fingerprint density at radius 2 is 1.55 bits per heavy atom. The molecule has 0 aliphatic heterocycles. The summed E-state index contributed by atoms with van der Waals surface area (Å²) in [6, 6.07) is 20.6. The quantitative estimate of drug-likeness (QED) is 0.534. The summed E-state index contributed by atoms with van der Waals surface area (Å²) in [4.78, 5) is 4.50. The van der Waals surface area contributed by atoms with Gasteiger partial charge in [-0.25, -0.2) is 0 Å². The van der Waals surface area contributed by atoms with Crippen molar-refractivity contribution in [3.63, 3.8) is 0 Å². The third-order valence-electron chi connectivity index (χ3n) is 5.37. The van der Waals surface area contributed by atoms with Gasteiger partial charge >= 0.3 is 0 Å². The second kappa shape index (κ2) is 10.6. The molecule has 3 rings (SSSR count). The maximum Gasteiger partial charge on any atom is 0.131 e. The Kier molecular flexibility index (Phi) is 7.88. The zero-order valence-electron chi connectivity index (χ0n) is 19.5. The van der Waals surface area contributed by atoms with Crippen molar-refractivity contribution in [2.45, 2.75) is 32.9 Å². The number of aromatic nitrogens is 2. The van der Waals surface area contributed by atoms with Crippen LogP contribution in [-0.4, -0.2) is 53.1 Å². The van der Waals surface area contributed by atoms with Gasteiger partial charge in [0.2, 0.25) is 0 Å². The summed E-state index contributed by atoms with van der Waals surface area (Å²) < 4.78 is 1.96. The average molecular weight is 421 g/mol. The maximum atomic E-state index is 10.9. The smallest absolute Gasteiger partial charge is 0.131 e. The molecule has 0 bridgehead atoms. The van der Waals surface area contributed by atoms with E-state index in [9.17, 15) is 5.11 Å². The molecule has 0 unspecified atom stereocenters. The summed E-state index contributed by atoms with van der Waals surface area (Å²) in [6.45, 7) is 6.75. The molecule has 1 N–H and O–H groups in total. The van der Waals surface area contributed by atoms with Crippen LogP contribution in [0.1, 0.15) is 25.0 Å². The first-order valence-corrected chi connectivity index (χ1v) is 11.1. The van der Waals surface area contributed by atoms with Crippen LogP contribution < -0.4 is 4.90 Å². The first kappa shape index (κ1) is 23.0. The number of hydrogen-bond acceptors (Lipinski definition) is 4. The molecule has 5 nitrogen and oxygen atoms in total. The third-order valence-corrected chi connectivity index (χ3v) is 5.37. The number of anilines is 1. The largest absolute Gasteiger partial charge is 0.391 e. The first-order chi connectivity index (χ1) is 14.8. The predicted octanol–water partition coefficient (Wildman–Crippen LogP) is 4.21. The summed E-state index contributed by atoms with van der Waals surface area (Å²) in [6.07, 6.45) is 0.245. The van der Waals surface area contributed by atoms with Crippen LogP contribution in [0.5, 0.6) is 0 Å². The van der Waals surface area contributed by atoms with Gasteiger partial charge in [0.05, 0.1) is 11.8 Å². The van der Waals surface area contributed by atoms with Crippen LogP contribution >= 0.6 is 0 Å². The van der Waals surface area contributed by atoms with Crippen molar-refractivity contribution < 1.29 is 5.11 Å². The third kappa shape index (κ3) is 6.18. The minimum Gasteiger partial charge on any atom is -0.391 e. The number of aryl methyl sites for hydroxylation is 1. The second-order valence-corrected chi connectivity index (χ2v) is 8.97. The first-order valence-electron chi connectivity index (χ1n) is 11.1. The fraction of sp³-hybridized carbons (Fsp3) is 0.423. The Balaban J connectivity index is 1.88. The van der Waals surface area contributed by atoms with Crippen LogP contribution in [0, 0.1) is 5.92 Å². The van der Waals surface area contributed by atoms with E-state index in [1.54, 1.807) is 0 Å². The summed E-state index contributed by atoms with van der Waals surface area (Å²) in [7, 11) is 6.13. The van der Waals surface area contributed by atoms with Gasteiger partial charge in [0.15, 0.2) is 0 Å². The van der Waals surface area contributed by atoms with Crippen LogP contribution in [0.4, 0.5) is 5.82 Å². The van der Waals surface area contributed by atoms with Crippen LogP contribution in [-0.2, 0) is 20.0 Å². The average Bonchev–Trinajstić information content (AvgIpc) is 3.04. The molecule has 5 heteroatoms. The van der Waals surface area contributed by atoms with Gasteiger partial charge in [-0.1, -0.05) is 74.5 Å². The Bertz CT molecular complexity index is 935. The number of aliphatic hydroxyl groups is 1. The molecule has 1 aromatic heterocycles. The summed E-state index contributed by atoms with van der Waals surface area (Å²) in [5, 5.41) is 15.7. The van der Waals surface area contributed by atoms with Crippen LogP contribution in [0.2, 0.25) is 0 Å². The maximum absolute atomic E-state index is 10.9. The second-order valence-electron chi connectivity index (χ2n) is 8.97. The standard InChI is InChI=1S/C26H36N4O/c1-20(2)17-30(18-23(31)16-21-12-8-6-9-13-21)19-24-25(22-14-10-7-11-15-22)27-29(5)26(24)28(3)4/h6-15,20,23,31H,16-19H2,1-5H3/t23-/m1/s1. The number of nitrogens with zero attached hydrogens (tertiary/aromatic N) is 4. The molecular formula is C26H36N4O. The SMILES string of the molecule is CC(C)CN(Cc1c(-c2ccccc2)nn(C)c1N(C)C)C[C@H](O)Cc1ccccc1. The van der Waals surface area contributed by atoms with Gasteiger partial charge in [-0.2, -0.15) is 5.10 Å². The van der Waals surface area contributed by atoms with Crippen molar-refractivity contribution in [1.82, 2.24) is 14.7 Å². The summed E-state index contributed by atoms with van der Waals surface area (Å²) in [5.74, 6) is 1.61. The van der Waals surface area contributed by atoms with Gasteiger partial charge in [-0.05, 0) is 17.9 Å². The zero-order chi connectivity index (χ0) is 22.4. The van der Waals surface area contributed by atoms with Crippen molar-refractivity contribution in [2.24, 2.45) is 13.0 Å². The lowest BCUT2D eigenvalue weighted by Gasteiger charge is -2.28. The van der Waals surface area contributed by atoms with E-state index in [-0.39, 0.29) is 0 Å². The minimum atomic E-state index is -0.416. The molecule has 0 saturated carbocycles. The molecule has 0 spiro atoms. The highest BCUT2D eigenvalue weighted by molar-refractivity contribution is 5.69. The van der Waals surface area contributed by atoms with E-state index >= 15 is 0 Å². The molecule has 0 amide bonds. The molecule has 0 aliphatic carbocycles. The number of aliphatic hydroxyl groups excluding tert-OH is 1. The van der Waals surface area contributed by atoms with E-state index in [1.807, 2.05) is 36.0 Å².